The van der Waals surface area contributed by atoms with Crippen molar-refractivity contribution in [1.29, 1.82) is 0 Å². The summed E-state index contributed by atoms with van der Waals surface area (Å²) in [5.74, 6) is 0. The highest BCUT2D eigenvalue weighted by molar-refractivity contribution is 5.45. The van der Waals surface area contributed by atoms with E-state index in [0.717, 1.165) is 0 Å². The Kier molecular flexibility index (Phi) is 15.7. The molecule has 1 aromatic carbocycles. The van der Waals surface area contributed by atoms with Crippen molar-refractivity contribution in [3.05, 3.63) is 67.8 Å². The van der Waals surface area contributed by atoms with E-state index in [1.165, 1.54) is 5.56 Å². The largest absolute Gasteiger partial charge is 0.397 e. The van der Waals surface area contributed by atoms with Crippen LogP contribution >= 0.6 is 0 Å². The Morgan fingerprint density at radius 3 is 1.67 bits per heavy atom. The monoisotopic (exact) mass is 204 g/mol. The zero-order chi connectivity index (χ0) is 11.9. The van der Waals surface area contributed by atoms with Gasteiger partial charge in [-0.2, -0.15) is 0 Å². The maximum Gasteiger partial charge on any atom is 0.0402 e. The third-order valence-corrected chi connectivity index (χ3v) is 1.20. The molecule has 0 bridgehead atoms. The Morgan fingerprint density at radius 1 is 1.07 bits per heavy atom. The van der Waals surface area contributed by atoms with Crippen LogP contribution in [0.15, 0.2) is 62.2 Å². The first-order valence-electron chi connectivity index (χ1n) is 4.78. The van der Waals surface area contributed by atoms with Gasteiger partial charge in [-0.05, 0) is 12.5 Å². The highest BCUT2D eigenvalue weighted by Crippen LogP contribution is 1.97. The van der Waals surface area contributed by atoms with Gasteiger partial charge in [0.05, 0.1) is 0 Å². The first kappa shape index (κ1) is 15.9. The highest BCUT2D eigenvalue weighted by Gasteiger charge is 1.75. The number of aliphatic hydroxyl groups excluding tert-OH is 1. The van der Waals surface area contributed by atoms with Gasteiger partial charge in [0.15, 0.2) is 0 Å². The summed E-state index contributed by atoms with van der Waals surface area (Å²) in [6.45, 7) is 12.3. The molecule has 0 unspecified atom stereocenters. The van der Waals surface area contributed by atoms with E-state index in [1.54, 1.807) is 19.1 Å². The molecule has 1 heteroatoms. The van der Waals surface area contributed by atoms with Crippen LogP contribution in [-0.4, -0.2) is 11.7 Å². The van der Waals surface area contributed by atoms with Crippen molar-refractivity contribution in [2.45, 2.75) is 6.92 Å². The summed E-state index contributed by atoms with van der Waals surface area (Å²) in [6.07, 6.45) is 5.11. The number of hydrogen-bond donors (Lipinski definition) is 1. The van der Waals surface area contributed by atoms with Crippen LogP contribution in [0.3, 0.4) is 0 Å². The molecule has 0 spiro atoms. The fourth-order valence-corrected chi connectivity index (χ4v) is 0.589. The molecule has 0 heterocycles. The number of allylic oxidation sites excluding steroid dienone is 2. The fourth-order valence-electron chi connectivity index (χ4n) is 0.589. The molecular weight excluding hydrogens is 184 g/mol. The molecule has 0 saturated carbocycles. The van der Waals surface area contributed by atoms with Crippen molar-refractivity contribution in [3.63, 3.8) is 0 Å². The van der Waals surface area contributed by atoms with Gasteiger partial charge in [-0.1, -0.05) is 68.3 Å². The van der Waals surface area contributed by atoms with E-state index in [1.807, 2.05) is 36.4 Å². The summed E-state index contributed by atoms with van der Waals surface area (Å²) in [4.78, 5) is 0. The van der Waals surface area contributed by atoms with Gasteiger partial charge in [-0.15, -0.1) is 0 Å². The molecule has 1 rings (SSSR count). The smallest absolute Gasteiger partial charge is 0.0402 e. The standard InChI is InChI=1S/C8H8.C4H6.C2H6O/c1-2-8-6-4-3-5-7-8;1-3-4-2;1-2-3/h2-7H,1H2;3-4H,1-2H2;3H,2H2,1H3. The van der Waals surface area contributed by atoms with Gasteiger partial charge in [-0.3, -0.25) is 0 Å². The Hall–Kier alpha value is -1.60. The van der Waals surface area contributed by atoms with Gasteiger partial charge in [0.2, 0.25) is 0 Å². The van der Waals surface area contributed by atoms with Gasteiger partial charge < -0.3 is 5.11 Å². The molecule has 0 saturated heterocycles. The molecule has 0 aliphatic heterocycles. The second-order valence-electron chi connectivity index (χ2n) is 2.40. The van der Waals surface area contributed by atoms with Crippen molar-refractivity contribution in [2.24, 2.45) is 0 Å². The maximum atomic E-state index is 7.57. The van der Waals surface area contributed by atoms with Crippen LogP contribution in [0.1, 0.15) is 12.5 Å². The van der Waals surface area contributed by atoms with E-state index < -0.39 is 0 Å². The first-order valence-corrected chi connectivity index (χ1v) is 4.78. The summed E-state index contributed by atoms with van der Waals surface area (Å²) in [6, 6.07) is 10.0. The van der Waals surface area contributed by atoms with E-state index in [9.17, 15) is 0 Å². The van der Waals surface area contributed by atoms with Gasteiger partial charge in [0, 0.05) is 6.61 Å². The van der Waals surface area contributed by atoms with Crippen LogP contribution in [0, 0.1) is 0 Å². The van der Waals surface area contributed by atoms with Crippen molar-refractivity contribution < 1.29 is 5.11 Å². The number of aliphatic hydroxyl groups is 1. The topological polar surface area (TPSA) is 20.2 Å². The third kappa shape index (κ3) is 15.2. The highest BCUT2D eigenvalue weighted by atomic mass is 16.2. The molecule has 15 heavy (non-hydrogen) atoms. The molecular formula is C14H20O. The predicted molar refractivity (Wildman–Crippen MR) is 69.7 cm³/mol. The van der Waals surface area contributed by atoms with Gasteiger partial charge >= 0.3 is 0 Å². The Bertz CT molecular complexity index is 243. The van der Waals surface area contributed by atoms with Crippen molar-refractivity contribution in [1.82, 2.24) is 0 Å². The summed E-state index contributed by atoms with van der Waals surface area (Å²) in [5.41, 5.74) is 1.17. The minimum Gasteiger partial charge on any atom is -0.397 e. The van der Waals surface area contributed by atoms with E-state index in [0.29, 0.717) is 0 Å². The molecule has 1 N–H and O–H groups in total. The lowest BCUT2D eigenvalue weighted by Gasteiger charge is -1.85. The average molecular weight is 204 g/mol. The Morgan fingerprint density at radius 2 is 1.47 bits per heavy atom. The van der Waals surface area contributed by atoms with Gasteiger partial charge in [-0.25, -0.2) is 0 Å². The third-order valence-electron chi connectivity index (χ3n) is 1.20. The summed E-state index contributed by atoms with van der Waals surface area (Å²) in [5, 5.41) is 7.57. The second-order valence-corrected chi connectivity index (χ2v) is 2.40. The number of hydrogen-bond acceptors (Lipinski definition) is 1. The quantitative estimate of drug-likeness (QED) is 0.728. The van der Waals surface area contributed by atoms with Crippen LogP contribution in [0.4, 0.5) is 0 Å². The maximum absolute atomic E-state index is 7.57. The molecule has 0 aliphatic rings. The Balaban J connectivity index is 0. The van der Waals surface area contributed by atoms with E-state index in [2.05, 4.69) is 19.7 Å². The molecule has 0 fully saturated rings. The fraction of sp³-hybridized carbons (Fsp3) is 0.143. The van der Waals surface area contributed by atoms with Crippen LogP contribution in [0.2, 0.25) is 0 Å². The van der Waals surface area contributed by atoms with Gasteiger partial charge in [0.1, 0.15) is 0 Å². The predicted octanol–water partition coefficient (Wildman–Crippen LogP) is 3.69. The molecule has 0 amide bonds. The van der Waals surface area contributed by atoms with Crippen LogP contribution < -0.4 is 0 Å². The lowest BCUT2D eigenvalue weighted by Crippen LogP contribution is -1.63. The first-order chi connectivity index (χ1) is 7.26. The molecule has 82 valence electrons. The van der Waals surface area contributed by atoms with E-state index >= 15 is 0 Å². The minimum absolute atomic E-state index is 0.250. The zero-order valence-corrected chi connectivity index (χ0v) is 9.39. The number of rotatable bonds is 2. The molecule has 0 aliphatic carbocycles. The van der Waals surface area contributed by atoms with E-state index in [4.69, 9.17) is 5.11 Å². The summed E-state index contributed by atoms with van der Waals surface area (Å²) >= 11 is 0. The minimum atomic E-state index is 0.250. The second kappa shape index (κ2) is 14.9. The SMILES string of the molecule is C=CC=C.C=Cc1ccccc1.CCO. The molecule has 1 nitrogen and oxygen atoms in total. The van der Waals surface area contributed by atoms with Crippen molar-refractivity contribution in [2.75, 3.05) is 6.61 Å². The molecule has 0 atom stereocenters. The lowest BCUT2D eigenvalue weighted by molar-refractivity contribution is 0.318. The normalized spacial score (nSPS) is 7.07. The Labute approximate surface area is 93.1 Å². The van der Waals surface area contributed by atoms with E-state index in [-0.39, 0.29) is 6.61 Å². The molecule has 0 radical (unpaired) electrons. The van der Waals surface area contributed by atoms with Crippen LogP contribution in [0.25, 0.3) is 6.08 Å². The van der Waals surface area contributed by atoms with Crippen molar-refractivity contribution in [3.8, 4) is 0 Å². The summed E-state index contributed by atoms with van der Waals surface area (Å²) in [7, 11) is 0. The summed E-state index contributed by atoms with van der Waals surface area (Å²) < 4.78 is 0. The van der Waals surface area contributed by atoms with Crippen molar-refractivity contribution >= 4 is 6.08 Å². The van der Waals surface area contributed by atoms with Crippen LogP contribution in [-0.2, 0) is 0 Å². The zero-order valence-electron chi connectivity index (χ0n) is 9.39. The van der Waals surface area contributed by atoms with Crippen LogP contribution in [0.5, 0.6) is 0 Å². The molecule has 1 aromatic rings. The average Bonchev–Trinajstić information content (AvgIpc) is 2.31. The lowest BCUT2D eigenvalue weighted by atomic mass is 10.2. The van der Waals surface area contributed by atoms with Gasteiger partial charge in [0.25, 0.3) is 0 Å². The molecule has 0 aromatic heterocycles. The number of benzene rings is 1.